The maximum Gasteiger partial charge on any atom is 0.255 e. The minimum absolute atomic E-state index is 0.0322. The lowest BCUT2D eigenvalue weighted by Gasteiger charge is -2.32. The number of benzene rings is 1. The summed E-state index contributed by atoms with van der Waals surface area (Å²) in [5.74, 6) is -0.128. The fourth-order valence-electron chi connectivity index (χ4n) is 4.94. The Morgan fingerprint density at radius 3 is 2.73 bits per heavy atom. The average molecular weight is 450 g/mol. The highest BCUT2D eigenvalue weighted by atomic mass is 16.5. The van der Waals surface area contributed by atoms with Gasteiger partial charge in [0, 0.05) is 49.1 Å². The van der Waals surface area contributed by atoms with Crippen molar-refractivity contribution in [2.75, 3.05) is 0 Å². The summed E-state index contributed by atoms with van der Waals surface area (Å²) < 4.78 is 6.39. The van der Waals surface area contributed by atoms with E-state index in [0.717, 1.165) is 42.6 Å². The second kappa shape index (κ2) is 9.27. The number of piperidine rings is 1. The zero-order chi connectivity index (χ0) is 22.8. The van der Waals surface area contributed by atoms with Crippen LogP contribution < -0.4 is 15.4 Å². The number of nitrogens with zero attached hydrogens (tertiary/aromatic N) is 3. The highest BCUT2D eigenvalue weighted by molar-refractivity contribution is 6.05. The van der Waals surface area contributed by atoms with E-state index >= 15 is 0 Å². The van der Waals surface area contributed by atoms with Gasteiger partial charge in [-0.15, -0.1) is 0 Å². The molecule has 0 bridgehead atoms. The van der Waals surface area contributed by atoms with Crippen LogP contribution in [-0.2, 0) is 22.7 Å². The molecular formula is C24H27N5O4. The van der Waals surface area contributed by atoms with Gasteiger partial charge in [0.25, 0.3) is 5.91 Å². The van der Waals surface area contributed by atoms with Crippen molar-refractivity contribution in [1.82, 2.24) is 25.5 Å². The Labute approximate surface area is 191 Å². The number of rotatable bonds is 6. The largest absolute Gasteiger partial charge is 0.489 e. The van der Waals surface area contributed by atoms with Gasteiger partial charge in [-0.2, -0.15) is 0 Å². The minimum Gasteiger partial charge on any atom is -0.489 e. The summed E-state index contributed by atoms with van der Waals surface area (Å²) in [6.07, 6.45) is 10.0. The molecule has 2 N–H and O–H groups in total. The van der Waals surface area contributed by atoms with Gasteiger partial charge < -0.3 is 15.0 Å². The third-order valence-corrected chi connectivity index (χ3v) is 6.67. The molecular weight excluding hydrogens is 422 g/mol. The zero-order valence-corrected chi connectivity index (χ0v) is 18.3. The van der Waals surface area contributed by atoms with E-state index in [9.17, 15) is 14.4 Å². The maximum absolute atomic E-state index is 12.9. The fraction of sp³-hybridized carbons (Fsp3) is 0.458. The lowest BCUT2D eigenvalue weighted by atomic mass is 9.92. The molecule has 1 aliphatic carbocycles. The highest BCUT2D eigenvalue weighted by Crippen LogP contribution is 2.32. The molecule has 2 aliphatic heterocycles. The number of carbonyl (C=O) groups excluding carboxylic acids is 3. The normalized spacial score (nSPS) is 25.0. The van der Waals surface area contributed by atoms with Crippen LogP contribution in [0.5, 0.6) is 5.75 Å². The molecule has 3 aliphatic rings. The summed E-state index contributed by atoms with van der Waals surface area (Å²) in [6.45, 7) is 1.03. The van der Waals surface area contributed by atoms with E-state index in [4.69, 9.17) is 4.74 Å². The first-order valence-electron chi connectivity index (χ1n) is 11.5. The van der Waals surface area contributed by atoms with E-state index in [1.54, 1.807) is 11.0 Å². The fourth-order valence-corrected chi connectivity index (χ4v) is 4.94. The molecule has 2 fully saturated rings. The van der Waals surface area contributed by atoms with Gasteiger partial charge in [0.2, 0.25) is 11.8 Å². The minimum atomic E-state index is -0.610. The Morgan fingerprint density at radius 2 is 1.91 bits per heavy atom. The van der Waals surface area contributed by atoms with E-state index in [-0.39, 0.29) is 30.4 Å². The summed E-state index contributed by atoms with van der Waals surface area (Å²) in [4.78, 5) is 46.3. The van der Waals surface area contributed by atoms with Crippen molar-refractivity contribution in [3.05, 3.63) is 53.6 Å². The lowest BCUT2D eigenvalue weighted by molar-refractivity contribution is -0.136. The number of fused-ring (bicyclic) bond motifs is 1. The van der Waals surface area contributed by atoms with Gasteiger partial charge >= 0.3 is 0 Å². The Kier molecular flexibility index (Phi) is 6.04. The highest BCUT2D eigenvalue weighted by Gasteiger charge is 2.39. The molecule has 3 heterocycles. The second-order valence-electron chi connectivity index (χ2n) is 8.89. The smallest absolute Gasteiger partial charge is 0.255 e. The Bertz CT molecular complexity index is 1060. The van der Waals surface area contributed by atoms with Gasteiger partial charge in [-0.25, -0.2) is 9.97 Å². The van der Waals surface area contributed by atoms with E-state index in [1.807, 2.05) is 24.5 Å². The van der Waals surface area contributed by atoms with Crippen LogP contribution in [0, 0.1) is 0 Å². The van der Waals surface area contributed by atoms with E-state index in [2.05, 4.69) is 20.6 Å². The molecule has 1 unspecified atom stereocenters. The topological polar surface area (TPSA) is 114 Å². The molecule has 9 nitrogen and oxygen atoms in total. The van der Waals surface area contributed by atoms with Crippen molar-refractivity contribution >= 4 is 17.7 Å². The number of hydrogen-bond donors (Lipinski definition) is 2. The van der Waals surface area contributed by atoms with Crippen LogP contribution in [0.2, 0.25) is 0 Å². The summed E-state index contributed by atoms with van der Waals surface area (Å²) in [5, 5.41) is 5.92. The molecule has 1 aromatic carbocycles. The van der Waals surface area contributed by atoms with Crippen LogP contribution in [0.4, 0.5) is 0 Å². The standard InChI is InChI=1S/C24H27N5O4/c30-22-8-7-20(23(31)28-22)29-13-16-9-17(5-6-18(16)24(29)32)33-21-4-2-1-3-19(21)27-12-15-10-25-14-26-11-15/h5-6,9-11,14,19-21,27H,1-4,7-8,12-13H2,(H,28,30,31)/t19-,20?,21-/m1/s1. The molecule has 2 aromatic rings. The average Bonchev–Trinajstić information content (AvgIpc) is 3.14. The van der Waals surface area contributed by atoms with Gasteiger partial charge in [-0.3, -0.25) is 19.7 Å². The van der Waals surface area contributed by atoms with Crippen molar-refractivity contribution in [3.63, 3.8) is 0 Å². The number of carbonyl (C=O) groups is 3. The van der Waals surface area contributed by atoms with Gasteiger partial charge in [0.05, 0.1) is 0 Å². The Balaban J connectivity index is 1.25. The molecule has 0 spiro atoms. The number of amides is 3. The summed E-state index contributed by atoms with van der Waals surface area (Å²) in [7, 11) is 0. The number of ether oxygens (including phenoxy) is 1. The lowest BCUT2D eigenvalue weighted by Crippen LogP contribution is -2.52. The van der Waals surface area contributed by atoms with Crippen LogP contribution in [0.15, 0.2) is 36.9 Å². The number of hydrogen-bond acceptors (Lipinski definition) is 7. The SMILES string of the molecule is O=C1CCC(N2Cc3cc(O[C@@H]4CCCC[C@H]4NCc4cncnc4)ccc3C2=O)C(=O)N1. The predicted molar refractivity (Wildman–Crippen MR) is 118 cm³/mol. The van der Waals surface area contributed by atoms with Crippen molar-refractivity contribution in [2.24, 2.45) is 0 Å². The predicted octanol–water partition coefficient (Wildman–Crippen LogP) is 1.72. The first kappa shape index (κ1) is 21.5. The molecule has 0 radical (unpaired) electrons. The van der Waals surface area contributed by atoms with Crippen LogP contribution in [0.25, 0.3) is 0 Å². The first-order valence-corrected chi connectivity index (χ1v) is 11.5. The van der Waals surface area contributed by atoms with Crippen LogP contribution in [0.3, 0.4) is 0 Å². The Hall–Kier alpha value is -3.33. The maximum atomic E-state index is 12.9. The quantitative estimate of drug-likeness (QED) is 0.646. The van der Waals surface area contributed by atoms with Gasteiger partial charge in [-0.1, -0.05) is 6.42 Å². The number of aromatic nitrogens is 2. The summed E-state index contributed by atoms with van der Waals surface area (Å²) >= 11 is 0. The third kappa shape index (κ3) is 4.59. The summed E-state index contributed by atoms with van der Waals surface area (Å²) in [5.41, 5.74) is 2.48. The molecule has 33 heavy (non-hydrogen) atoms. The van der Waals surface area contributed by atoms with Crippen LogP contribution in [0.1, 0.15) is 60.0 Å². The van der Waals surface area contributed by atoms with E-state index in [1.165, 1.54) is 6.33 Å². The molecule has 5 rings (SSSR count). The third-order valence-electron chi connectivity index (χ3n) is 6.67. The molecule has 1 aromatic heterocycles. The Morgan fingerprint density at radius 1 is 1.09 bits per heavy atom. The second-order valence-corrected chi connectivity index (χ2v) is 8.89. The van der Waals surface area contributed by atoms with E-state index in [0.29, 0.717) is 25.1 Å². The van der Waals surface area contributed by atoms with Gasteiger partial charge in [-0.05, 0) is 49.4 Å². The molecule has 172 valence electrons. The molecule has 3 atom stereocenters. The van der Waals surface area contributed by atoms with Crippen LogP contribution >= 0.6 is 0 Å². The molecule has 3 amide bonds. The molecule has 9 heteroatoms. The van der Waals surface area contributed by atoms with Crippen molar-refractivity contribution in [2.45, 2.75) is 69.8 Å². The van der Waals surface area contributed by atoms with Crippen molar-refractivity contribution < 1.29 is 19.1 Å². The van der Waals surface area contributed by atoms with E-state index < -0.39 is 11.9 Å². The molecule has 1 saturated carbocycles. The van der Waals surface area contributed by atoms with Gasteiger partial charge in [0.1, 0.15) is 24.2 Å². The molecule has 1 saturated heterocycles. The number of imide groups is 1. The summed E-state index contributed by atoms with van der Waals surface area (Å²) in [6, 6.07) is 5.14. The number of nitrogens with one attached hydrogen (secondary N) is 2. The first-order chi connectivity index (χ1) is 16.1. The van der Waals surface area contributed by atoms with Crippen molar-refractivity contribution in [1.29, 1.82) is 0 Å². The monoisotopic (exact) mass is 449 g/mol. The van der Waals surface area contributed by atoms with Crippen LogP contribution in [-0.4, -0.2) is 50.8 Å². The zero-order valence-electron chi connectivity index (χ0n) is 18.3. The van der Waals surface area contributed by atoms with Gasteiger partial charge in [0.15, 0.2) is 0 Å². The van der Waals surface area contributed by atoms with Crippen molar-refractivity contribution in [3.8, 4) is 5.75 Å².